The molecule has 3 nitrogen and oxygen atoms in total. The number of nitrogens with zero attached hydrogens (tertiary/aromatic N) is 1. The van der Waals surface area contributed by atoms with Gasteiger partial charge in [0, 0.05) is 0 Å². The van der Waals surface area contributed by atoms with E-state index in [4.69, 9.17) is 5.21 Å². The van der Waals surface area contributed by atoms with E-state index in [1.54, 1.807) is 0 Å². The molecule has 0 saturated heterocycles. The fourth-order valence-corrected chi connectivity index (χ4v) is 2.10. The van der Waals surface area contributed by atoms with Crippen molar-refractivity contribution in [3.05, 3.63) is 0 Å². The third-order valence-electron chi connectivity index (χ3n) is 2.91. The Morgan fingerprint density at radius 3 is 2.62 bits per heavy atom. The standard InChI is InChI=1S/C10H18NO2/c1-9(11(13)8-12)7-10-5-3-2-4-6-10/h9-10,13H,2-7H2,1H3. The second-order valence-corrected chi connectivity index (χ2v) is 4.02. The topological polar surface area (TPSA) is 40.5 Å². The van der Waals surface area contributed by atoms with Crippen LogP contribution in [0.1, 0.15) is 45.4 Å². The summed E-state index contributed by atoms with van der Waals surface area (Å²) >= 11 is 0. The molecule has 0 spiro atoms. The van der Waals surface area contributed by atoms with Crippen molar-refractivity contribution in [3.63, 3.8) is 0 Å². The van der Waals surface area contributed by atoms with Crippen LogP contribution in [-0.4, -0.2) is 22.7 Å². The minimum absolute atomic E-state index is 0.0828. The Kier molecular flexibility index (Phi) is 4.22. The fraction of sp³-hybridized carbons (Fsp3) is 0.900. The van der Waals surface area contributed by atoms with E-state index >= 15 is 0 Å². The predicted octanol–water partition coefficient (Wildman–Crippen LogP) is 2.10. The molecule has 0 bridgehead atoms. The van der Waals surface area contributed by atoms with Crippen molar-refractivity contribution in [2.45, 2.75) is 51.5 Å². The summed E-state index contributed by atoms with van der Waals surface area (Å²) in [6, 6.07) is -0.0828. The normalized spacial score (nSPS) is 21.1. The van der Waals surface area contributed by atoms with Gasteiger partial charge >= 0.3 is 6.41 Å². The zero-order valence-electron chi connectivity index (χ0n) is 8.20. The van der Waals surface area contributed by atoms with Crippen LogP contribution >= 0.6 is 0 Å². The second-order valence-electron chi connectivity index (χ2n) is 4.02. The van der Waals surface area contributed by atoms with Gasteiger partial charge in [-0.05, 0) is 19.3 Å². The van der Waals surface area contributed by atoms with Gasteiger partial charge in [0.1, 0.15) is 0 Å². The third-order valence-corrected chi connectivity index (χ3v) is 2.91. The first kappa shape index (κ1) is 10.5. The van der Waals surface area contributed by atoms with Crippen LogP contribution in [0.3, 0.4) is 0 Å². The largest absolute Gasteiger partial charge is 0.337 e. The van der Waals surface area contributed by atoms with Crippen LogP contribution in [0.15, 0.2) is 0 Å². The lowest BCUT2D eigenvalue weighted by atomic mass is 9.85. The molecule has 1 aliphatic carbocycles. The van der Waals surface area contributed by atoms with Gasteiger partial charge in [-0.25, -0.2) is 5.06 Å². The Labute approximate surface area is 79.7 Å². The number of rotatable bonds is 4. The number of amides is 1. The molecule has 75 valence electrons. The smallest absolute Gasteiger partial charge is 0.285 e. The molecule has 1 rings (SSSR count). The minimum atomic E-state index is -0.0828. The van der Waals surface area contributed by atoms with Crippen LogP contribution in [0.2, 0.25) is 0 Å². The fourth-order valence-electron chi connectivity index (χ4n) is 2.10. The summed E-state index contributed by atoms with van der Waals surface area (Å²) in [6.07, 6.45) is 8.83. The summed E-state index contributed by atoms with van der Waals surface area (Å²) in [5, 5.41) is 9.73. The van der Waals surface area contributed by atoms with Crippen molar-refractivity contribution >= 4 is 6.41 Å². The number of hydrogen-bond donors (Lipinski definition) is 1. The quantitative estimate of drug-likeness (QED) is 0.413. The number of hydroxylamine groups is 2. The average Bonchev–Trinajstić information content (AvgIpc) is 2.18. The Bertz CT molecular complexity index is 155. The second kappa shape index (κ2) is 5.22. The van der Waals surface area contributed by atoms with Crippen LogP contribution in [0.5, 0.6) is 0 Å². The first-order chi connectivity index (χ1) is 6.24. The van der Waals surface area contributed by atoms with Gasteiger partial charge < -0.3 is 0 Å². The highest BCUT2D eigenvalue weighted by molar-refractivity contribution is 5.46. The van der Waals surface area contributed by atoms with Crippen LogP contribution < -0.4 is 0 Å². The van der Waals surface area contributed by atoms with Gasteiger partial charge in [0.05, 0.1) is 6.04 Å². The Hall–Kier alpha value is -0.570. The Morgan fingerprint density at radius 1 is 1.46 bits per heavy atom. The molecular weight excluding hydrogens is 166 g/mol. The lowest BCUT2D eigenvalue weighted by molar-refractivity contribution is -0.0572. The molecule has 0 aromatic rings. The van der Waals surface area contributed by atoms with Crippen LogP contribution in [0.4, 0.5) is 0 Å². The molecule has 0 aliphatic heterocycles. The van der Waals surface area contributed by atoms with Gasteiger partial charge in [0.15, 0.2) is 0 Å². The molecule has 1 aliphatic rings. The molecule has 3 heteroatoms. The van der Waals surface area contributed by atoms with Gasteiger partial charge in [-0.2, -0.15) is 0 Å². The molecule has 13 heavy (non-hydrogen) atoms. The first-order valence-electron chi connectivity index (χ1n) is 5.10. The molecule has 1 atom stereocenters. The molecule has 1 amide bonds. The maximum absolute atomic E-state index is 10.1. The first-order valence-corrected chi connectivity index (χ1v) is 5.10. The van der Waals surface area contributed by atoms with E-state index in [1.807, 2.05) is 6.92 Å². The van der Waals surface area contributed by atoms with Crippen LogP contribution in [-0.2, 0) is 4.79 Å². The highest BCUT2D eigenvalue weighted by Gasteiger charge is 2.19. The summed E-state index contributed by atoms with van der Waals surface area (Å²) in [7, 11) is 0. The zero-order valence-corrected chi connectivity index (χ0v) is 8.20. The maximum Gasteiger partial charge on any atom is 0.337 e. The molecule has 1 N–H and O–H groups in total. The maximum atomic E-state index is 10.1. The molecule has 1 saturated carbocycles. The van der Waals surface area contributed by atoms with Gasteiger partial charge in [-0.1, -0.05) is 32.1 Å². The molecule has 0 heterocycles. The van der Waals surface area contributed by atoms with Crippen molar-refractivity contribution in [2.75, 3.05) is 0 Å². The molecule has 0 aromatic heterocycles. The van der Waals surface area contributed by atoms with Gasteiger partial charge in [0.25, 0.3) is 0 Å². The van der Waals surface area contributed by atoms with E-state index in [0.717, 1.165) is 6.42 Å². The molecule has 0 aromatic carbocycles. The summed E-state index contributed by atoms with van der Waals surface area (Å²) in [5.41, 5.74) is 0. The highest BCUT2D eigenvalue weighted by Crippen LogP contribution is 2.27. The molecule has 1 unspecified atom stereocenters. The summed E-state index contributed by atoms with van der Waals surface area (Å²) in [5.74, 6) is 0.687. The third kappa shape index (κ3) is 3.35. The lowest BCUT2D eigenvalue weighted by Gasteiger charge is -2.26. The summed E-state index contributed by atoms with van der Waals surface area (Å²) < 4.78 is 0. The lowest BCUT2D eigenvalue weighted by Crippen LogP contribution is -2.30. The van der Waals surface area contributed by atoms with E-state index in [9.17, 15) is 4.79 Å². The monoisotopic (exact) mass is 184 g/mol. The van der Waals surface area contributed by atoms with Gasteiger partial charge in [0.2, 0.25) is 0 Å². The van der Waals surface area contributed by atoms with Crippen LogP contribution in [0, 0.1) is 5.92 Å². The molecule has 1 radical (unpaired) electrons. The van der Waals surface area contributed by atoms with Crippen molar-refractivity contribution < 1.29 is 10.0 Å². The van der Waals surface area contributed by atoms with Crippen molar-refractivity contribution in [2.24, 2.45) is 5.92 Å². The summed E-state index contributed by atoms with van der Waals surface area (Å²) in [4.78, 5) is 10.1. The molecular formula is C10H18NO2. The van der Waals surface area contributed by atoms with Gasteiger partial charge in [-0.15, -0.1) is 0 Å². The van der Waals surface area contributed by atoms with Crippen molar-refractivity contribution in [3.8, 4) is 0 Å². The van der Waals surface area contributed by atoms with E-state index in [0.29, 0.717) is 11.0 Å². The highest BCUT2D eigenvalue weighted by atomic mass is 16.5. The number of hydrogen-bond acceptors (Lipinski definition) is 2. The Morgan fingerprint density at radius 2 is 2.08 bits per heavy atom. The van der Waals surface area contributed by atoms with Gasteiger partial charge in [-0.3, -0.25) is 10.0 Å². The van der Waals surface area contributed by atoms with E-state index < -0.39 is 0 Å². The predicted molar refractivity (Wildman–Crippen MR) is 50.0 cm³/mol. The molecule has 1 fully saturated rings. The van der Waals surface area contributed by atoms with E-state index in [-0.39, 0.29) is 6.04 Å². The zero-order chi connectivity index (χ0) is 9.68. The van der Waals surface area contributed by atoms with Crippen molar-refractivity contribution in [1.82, 2.24) is 5.06 Å². The minimum Gasteiger partial charge on any atom is -0.285 e. The van der Waals surface area contributed by atoms with E-state index in [2.05, 4.69) is 0 Å². The van der Waals surface area contributed by atoms with Crippen molar-refractivity contribution in [1.29, 1.82) is 0 Å². The SMILES string of the molecule is CC(CC1CCCCC1)N(O)[C]=O. The Balaban J connectivity index is 2.25. The average molecular weight is 184 g/mol. The summed E-state index contributed by atoms with van der Waals surface area (Å²) in [6.45, 7) is 1.86. The van der Waals surface area contributed by atoms with Crippen LogP contribution in [0.25, 0.3) is 0 Å². The van der Waals surface area contributed by atoms with E-state index in [1.165, 1.54) is 38.5 Å². The number of carbonyl (C=O) groups excluding carboxylic acids is 1.